The van der Waals surface area contributed by atoms with E-state index in [1.54, 1.807) is 17.1 Å². The Labute approximate surface area is 120 Å². The Morgan fingerprint density at radius 2 is 1.76 bits per heavy atom. The molecule has 106 valence electrons. The fourth-order valence-corrected chi connectivity index (χ4v) is 2.16. The topological polar surface area (TPSA) is 43.8 Å². The van der Waals surface area contributed by atoms with E-state index >= 15 is 0 Å². The quantitative estimate of drug-likeness (QED) is 0.803. The molecule has 1 aromatic heterocycles. The van der Waals surface area contributed by atoms with E-state index in [0.717, 1.165) is 11.8 Å². The van der Waals surface area contributed by atoms with Crippen molar-refractivity contribution in [3.63, 3.8) is 0 Å². The van der Waals surface area contributed by atoms with Gasteiger partial charge in [0, 0.05) is 17.3 Å². The number of benzene rings is 2. The highest BCUT2D eigenvalue weighted by atomic mass is 19.2. The van der Waals surface area contributed by atoms with E-state index in [9.17, 15) is 8.78 Å². The van der Waals surface area contributed by atoms with Crippen molar-refractivity contribution in [1.29, 1.82) is 0 Å². The summed E-state index contributed by atoms with van der Waals surface area (Å²) >= 11 is 0. The number of hydrogen-bond donors (Lipinski definition) is 1. The van der Waals surface area contributed by atoms with Crippen LogP contribution in [-0.2, 0) is 0 Å². The fraction of sp³-hybridized carbons (Fsp3) is 0.0625. The number of para-hydroxylation sites is 1. The molecule has 0 spiro atoms. The molecule has 0 saturated heterocycles. The third-order valence-electron chi connectivity index (χ3n) is 3.30. The summed E-state index contributed by atoms with van der Waals surface area (Å²) in [5, 5.41) is 4.21. The van der Waals surface area contributed by atoms with E-state index in [0.29, 0.717) is 5.56 Å². The molecule has 1 heterocycles. The molecule has 0 fully saturated rings. The lowest BCUT2D eigenvalue weighted by Crippen LogP contribution is -2.13. The van der Waals surface area contributed by atoms with Gasteiger partial charge in [0.1, 0.15) is 0 Å². The predicted octanol–water partition coefficient (Wildman–Crippen LogP) is 3.20. The molecule has 3 aromatic rings. The van der Waals surface area contributed by atoms with Crippen LogP contribution < -0.4 is 5.73 Å². The van der Waals surface area contributed by atoms with Crippen LogP contribution in [0.4, 0.5) is 8.78 Å². The number of nitrogens with zero attached hydrogens (tertiary/aromatic N) is 2. The minimum Gasteiger partial charge on any atom is -0.320 e. The average Bonchev–Trinajstić information content (AvgIpc) is 3.00. The lowest BCUT2D eigenvalue weighted by molar-refractivity contribution is 0.494. The molecule has 0 bridgehead atoms. The molecule has 0 aliphatic heterocycles. The molecular weight excluding hydrogens is 272 g/mol. The first kappa shape index (κ1) is 13.5. The predicted molar refractivity (Wildman–Crippen MR) is 76.0 cm³/mol. The van der Waals surface area contributed by atoms with Gasteiger partial charge in [0.2, 0.25) is 0 Å². The van der Waals surface area contributed by atoms with Gasteiger partial charge in [-0.1, -0.05) is 30.3 Å². The van der Waals surface area contributed by atoms with Gasteiger partial charge < -0.3 is 5.73 Å². The number of nitrogens with two attached hydrogens (primary N) is 1. The molecule has 0 saturated carbocycles. The van der Waals surface area contributed by atoms with E-state index in [4.69, 9.17) is 5.73 Å². The summed E-state index contributed by atoms with van der Waals surface area (Å²) in [6.07, 6.45) is 3.27. The van der Waals surface area contributed by atoms with Crippen LogP contribution in [-0.4, -0.2) is 9.78 Å². The second-order valence-corrected chi connectivity index (χ2v) is 4.67. The maximum atomic E-state index is 13.8. The Hall–Kier alpha value is -2.53. The third kappa shape index (κ3) is 2.55. The first-order valence-electron chi connectivity index (χ1n) is 6.46. The maximum absolute atomic E-state index is 13.8. The van der Waals surface area contributed by atoms with Gasteiger partial charge in [-0.3, -0.25) is 0 Å². The molecule has 0 aliphatic rings. The van der Waals surface area contributed by atoms with Crippen molar-refractivity contribution in [3.8, 4) is 5.69 Å². The van der Waals surface area contributed by atoms with E-state index in [2.05, 4.69) is 5.10 Å². The van der Waals surface area contributed by atoms with Gasteiger partial charge in [0.15, 0.2) is 11.6 Å². The SMILES string of the molecule is NC(c1cnn(-c2ccccc2)c1)c1cccc(F)c1F. The summed E-state index contributed by atoms with van der Waals surface area (Å²) in [6.45, 7) is 0. The smallest absolute Gasteiger partial charge is 0.163 e. The van der Waals surface area contributed by atoms with Crippen LogP contribution in [0.15, 0.2) is 60.9 Å². The highest BCUT2D eigenvalue weighted by Crippen LogP contribution is 2.23. The Morgan fingerprint density at radius 1 is 1.00 bits per heavy atom. The second kappa shape index (κ2) is 5.46. The maximum Gasteiger partial charge on any atom is 0.163 e. The third-order valence-corrected chi connectivity index (χ3v) is 3.30. The van der Waals surface area contributed by atoms with E-state index in [1.165, 1.54) is 12.1 Å². The summed E-state index contributed by atoms with van der Waals surface area (Å²) in [4.78, 5) is 0. The van der Waals surface area contributed by atoms with Gasteiger partial charge in [0.25, 0.3) is 0 Å². The average molecular weight is 285 g/mol. The number of hydrogen-bond acceptors (Lipinski definition) is 2. The van der Waals surface area contributed by atoms with Crippen molar-refractivity contribution < 1.29 is 8.78 Å². The van der Waals surface area contributed by atoms with Gasteiger partial charge in [-0.15, -0.1) is 0 Å². The summed E-state index contributed by atoms with van der Waals surface area (Å²) in [6, 6.07) is 12.7. The Morgan fingerprint density at radius 3 is 2.52 bits per heavy atom. The van der Waals surface area contributed by atoms with Crippen LogP contribution in [0.2, 0.25) is 0 Å². The fourth-order valence-electron chi connectivity index (χ4n) is 2.16. The highest BCUT2D eigenvalue weighted by molar-refractivity contribution is 5.34. The number of halogens is 2. The highest BCUT2D eigenvalue weighted by Gasteiger charge is 2.17. The molecule has 1 unspecified atom stereocenters. The van der Waals surface area contributed by atoms with Crippen LogP contribution in [0.3, 0.4) is 0 Å². The van der Waals surface area contributed by atoms with Crippen LogP contribution in [0.25, 0.3) is 5.69 Å². The Bertz CT molecular complexity index is 753. The largest absolute Gasteiger partial charge is 0.320 e. The summed E-state index contributed by atoms with van der Waals surface area (Å²) < 4.78 is 28.7. The molecule has 3 rings (SSSR count). The van der Waals surface area contributed by atoms with E-state index in [1.807, 2.05) is 30.3 Å². The molecule has 0 amide bonds. The van der Waals surface area contributed by atoms with Crippen molar-refractivity contribution >= 4 is 0 Å². The van der Waals surface area contributed by atoms with Crippen molar-refractivity contribution in [3.05, 3.63) is 83.7 Å². The monoisotopic (exact) mass is 285 g/mol. The Balaban J connectivity index is 1.95. The Kier molecular flexibility index (Phi) is 3.50. The molecular formula is C16H13F2N3. The molecule has 1 atom stereocenters. The van der Waals surface area contributed by atoms with E-state index in [-0.39, 0.29) is 5.56 Å². The van der Waals surface area contributed by atoms with E-state index < -0.39 is 17.7 Å². The zero-order chi connectivity index (χ0) is 14.8. The first-order chi connectivity index (χ1) is 10.2. The molecule has 5 heteroatoms. The standard InChI is InChI=1S/C16H13F2N3/c17-14-8-4-7-13(15(14)18)16(19)11-9-20-21(10-11)12-5-2-1-3-6-12/h1-10,16H,19H2. The second-order valence-electron chi connectivity index (χ2n) is 4.67. The molecule has 3 nitrogen and oxygen atoms in total. The van der Waals surface area contributed by atoms with Crippen LogP contribution in [0, 0.1) is 11.6 Å². The van der Waals surface area contributed by atoms with Crippen molar-refractivity contribution in [2.75, 3.05) is 0 Å². The summed E-state index contributed by atoms with van der Waals surface area (Å²) in [5.41, 5.74) is 7.62. The molecule has 2 N–H and O–H groups in total. The van der Waals surface area contributed by atoms with Gasteiger partial charge in [-0.05, 0) is 18.2 Å². The van der Waals surface area contributed by atoms with Gasteiger partial charge in [0.05, 0.1) is 17.9 Å². The number of aromatic nitrogens is 2. The number of rotatable bonds is 3. The van der Waals surface area contributed by atoms with Gasteiger partial charge >= 0.3 is 0 Å². The van der Waals surface area contributed by atoms with Gasteiger partial charge in [-0.2, -0.15) is 5.10 Å². The molecule has 2 aromatic carbocycles. The zero-order valence-corrected chi connectivity index (χ0v) is 11.1. The molecule has 0 radical (unpaired) electrons. The van der Waals surface area contributed by atoms with Crippen LogP contribution >= 0.6 is 0 Å². The van der Waals surface area contributed by atoms with Crippen molar-refractivity contribution in [1.82, 2.24) is 9.78 Å². The minimum atomic E-state index is -0.919. The lowest BCUT2D eigenvalue weighted by Gasteiger charge is -2.11. The van der Waals surface area contributed by atoms with Gasteiger partial charge in [-0.25, -0.2) is 13.5 Å². The van der Waals surface area contributed by atoms with Crippen LogP contribution in [0.1, 0.15) is 17.2 Å². The van der Waals surface area contributed by atoms with Crippen LogP contribution in [0.5, 0.6) is 0 Å². The molecule has 0 aliphatic carbocycles. The first-order valence-corrected chi connectivity index (χ1v) is 6.46. The van der Waals surface area contributed by atoms with Crippen molar-refractivity contribution in [2.45, 2.75) is 6.04 Å². The minimum absolute atomic E-state index is 0.114. The lowest BCUT2D eigenvalue weighted by atomic mass is 10.0. The zero-order valence-electron chi connectivity index (χ0n) is 11.1. The molecule has 21 heavy (non-hydrogen) atoms. The summed E-state index contributed by atoms with van der Waals surface area (Å²) in [7, 11) is 0. The summed E-state index contributed by atoms with van der Waals surface area (Å²) in [5.74, 6) is -1.82. The normalized spacial score (nSPS) is 12.3. The van der Waals surface area contributed by atoms with Crippen molar-refractivity contribution in [2.24, 2.45) is 5.73 Å².